The average Bonchev–Trinajstić information content (AvgIpc) is 2.51. The number of hydrogen-bond donors (Lipinski definition) is 2. The highest BCUT2D eigenvalue weighted by atomic mass is 16.5. The molecule has 2 N–H and O–H groups in total. The Morgan fingerprint density at radius 3 is 2.86 bits per heavy atom. The zero-order chi connectivity index (χ0) is 15.2. The maximum atomic E-state index is 12.3. The van der Waals surface area contributed by atoms with Gasteiger partial charge in [0.1, 0.15) is 5.69 Å². The lowest BCUT2D eigenvalue weighted by atomic mass is 10.1. The third-order valence-electron chi connectivity index (χ3n) is 3.35. The van der Waals surface area contributed by atoms with E-state index < -0.39 is 0 Å². The minimum atomic E-state index is -0.166. The number of pyridine rings is 1. The largest absolute Gasteiger partial charge is 0.388 e. The molecule has 0 aliphatic carbocycles. The van der Waals surface area contributed by atoms with Crippen molar-refractivity contribution in [2.24, 2.45) is 0 Å². The van der Waals surface area contributed by atoms with Crippen molar-refractivity contribution in [2.45, 2.75) is 19.4 Å². The predicted molar refractivity (Wildman–Crippen MR) is 84.7 cm³/mol. The Hall–Kier alpha value is -2.14. The van der Waals surface area contributed by atoms with Crippen molar-refractivity contribution in [1.29, 1.82) is 0 Å². The topological polar surface area (TPSA) is 63.2 Å². The summed E-state index contributed by atoms with van der Waals surface area (Å²) in [5, 5.41) is 7.05. The lowest BCUT2D eigenvalue weighted by molar-refractivity contribution is 0.0925. The minimum Gasteiger partial charge on any atom is -0.388 e. The first-order valence-corrected chi connectivity index (χ1v) is 7.03. The monoisotopic (exact) mass is 287 g/mol. The van der Waals surface area contributed by atoms with Gasteiger partial charge < -0.3 is 15.4 Å². The smallest absolute Gasteiger partial charge is 0.270 e. The number of rotatable bonds is 6. The Morgan fingerprint density at radius 1 is 1.38 bits per heavy atom. The van der Waals surface area contributed by atoms with Crippen LogP contribution in [0.4, 0.5) is 5.69 Å². The fourth-order valence-corrected chi connectivity index (χ4v) is 2.16. The first kappa shape index (κ1) is 15.3. The van der Waals surface area contributed by atoms with Gasteiger partial charge in [0, 0.05) is 37.9 Å². The summed E-state index contributed by atoms with van der Waals surface area (Å²) >= 11 is 0. The molecule has 1 amide bonds. The Bertz CT molecular complexity index is 628. The second-order valence-corrected chi connectivity index (χ2v) is 4.98. The molecule has 2 aromatic rings. The van der Waals surface area contributed by atoms with E-state index in [2.05, 4.69) is 15.6 Å². The van der Waals surface area contributed by atoms with Crippen molar-refractivity contribution in [3.05, 3.63) is 36.0 Å². The van der Waals surface area contributed by atoms with Crippen molar-refractivity contribution < 1.29 is 9.53 Å². The normalized spacial score (nSPS) is 12.1. The number of hydrogen-bond acceptors (Lipinski definition) is 4. The van der Waals surface area contributed by atoms with Crippen molar-refractivity contribution >= 4 is 22.5 Å². The Kier molecular flexibility index (Phi) is 5.11. The molecular weight excluding hydrogens is 266 g/mol. The van der Waals surface area contributed by atoms with E-state index in [4.69, 9.17) is 4.74 Å². The molecule has 0 saturated carbocycles. The number of nitrogens with zero attached hydrogens (tertiary/aromatic N) is 1. The number of carbonyl (C=O) groups is 1. The van der Waals surface area contributed by atoms with E-state index in [0.717, 1.165) is 23.0 Å². The first-order valence-electron chi connectivity index (χ1n) is 7.03. The van der Waals surface area contributed by atoms with E-state index in [1.807, 2.05) is 38.2 Å². The molecule has 1 atom stereocenters. The third-order valence-corrected chi connectivity index (χ3v) is 3.35. The SMILES string of the molecule is CNc1cc(C(=O)NC(C)CCOC)nc2ccccc12. The van der Waals surface area contributed by atoms with Gasteiger partial charge in [-0.25, -0.2) is 4.98 Å². The van der Waals surface area contributed by atoms with Gasteiger partial charge in [0.25, 0.3) is 5.91 Å². The van der Waals surface area contributed by atoms with E-state index in [1.54, 1.807) is 13.2 Å². The summed E-state index contributed by atoms with van der Waals surface area (Å²) in [5.41, 5.74) is 2.12. The Balaban J connectivity index is 2.23. The molecule has 5 nitrogen and oxygen atoms in total. The van der Waals surface area contributed by atoms with Gasteiger partial charge in [0.05, 0.1) is 5.52 Å². The highest BCUT2D eigenvalue weighted by Gasteiger charge is 2.13. The number of anilines is 1. The van der Waals surface area contributed by atoms with Gasteiger partial charge in [-0.05, 0) is 25.5 Å². The fourth-order valence-electron chi connectivity index (χ4n) is 2.16. The van der Waals surface area contributed by atoms with Crippen molar-refractivity contribution in [3.8, 4) is 0 Å². The highest BCUT2D eigenvalue weighted by Crippen LogP contribution is 2.22. The molecule has 0 aliphatic rings. The molecule has 1 aromatic carbocycles. The lowest BCUT2D eigenvalue weighted by Crippen LogP contribution is -2.33. The molecule has 0 spiro atoms. The maximum absolute atomic E-state index is 12.3. The molecule has 112 valence electrons. The van der Waals surface area contributed by atoms with Gasteiger partial charge in [0.15, 0.2) is 0 Å². The molecule has 1 aromatic heterocycles. The predicted octanol–water partition coefficient (Wildman–Crippen LogP) is 2.43. The van der Waals surface area contributed by atoms with Gasteiger partial charge >= 0.3 is 0 Å². The fraction of sp³-hybridized carbons (Fsp3) is 0.375. The number of benzene rings is 1. The quantitative estimate of drug-likeness (QED) is 0.856. The zero-order valence-corrected chi connectivity index (χ0v) is 12.6. The van der Waals surface area contributed by atoms with Gasteiger partial charge in [-0.15, -0.1) is 0 Å². The highest BCUT2D eigenvalue weighted by molar-refractivity contribution is 5.99. The van der Waals surface area contributed by atoms with Crippen LogP contribution in [0.3, 0.4) is 0 Å². The number of para-hydroxylation sites is 1. The number of nitrogens with one attached hydrogen (secondary N) is 2. The molecule has 21 heavy (non-hydrogen) atoms. The van der Waals surface area contributed by atoms with Gasteiger partial charge in [-0.3, -0.25) is 4.79 Å². The van der Waals surface area contributed by atoms with Gasteiger partial charge in [-0.2, -0.15) is 0 Å². The van der Waals surface area contributed by atoms with Crippen LogP contribution in [0.15, 0.2) is 30.3 Å². The Morgan fingerprint density at radius 2 is 2.14 bits per heavy atom. The van der Waals surface area contributed by atoms with Crippen molar-refractivity contribution in [3.63, 3.8) is 0 Å². The van der Waals surface area contributed by atoms with E-state index in [0.29, 0.717) is 12.3 Å². The van der Waals surface area contributed by atoms with Crippen LogP contribution in [0, 0.1) is 0 Å². The van der Waals surface area contributed by atoms with E-state index >= 15 is 0 Å². The summed E-state index contributed by atoms with van der Waals surface area (Å²) in [5.74, 6) is -0.166. The van der Waals surface area contributed by atoms with Crippen LogP contribution in [0.1, 0.15) is 23.8 Å². The Labute approximate surface area is 124 Å². The number of amides is 1. The summed E-state index contributed by atoms with van der Waals surface area (Å²) in [6.45, 7) is 2.57. The van der Waals surface area contributed by atoms with E-state index in [1.165, 1.54) is 0 Å². The van der Waals surface area contributed by atoms with Crippen molar-refractivity contribution in [1.82, 2.24) is 10.3 Å². The molecule has 1 heterocycles. The van der Waals surface area contributed by atoms with Crippen LogP contribution >= 0.6 is 0 Å². The summed E-state index contributed by atoms with van der Waals surface area (Å²) in [7, 11) is 3.49. The van der Waals surface area contributed by atoms with Crippen LogP contribution in [-0.2, 0) is 4.74 Å². The average molecular weight is 287 g/mol. The number of aromatic nitrogens is 1. The second-order valence-electron chi connectivity index (χ2n) is 4.98. The second kappa shape index (κ2) is 7.04. The first-order chi connectivity index (χ1) is 10.2. The molecule has 1 unspecified atom stereocenters. The van der Waals surface area contributed by atoms with E-state index in [9.17, 15) is 4.79 Å². The minimum absolute atomic E-state index is 0.0451. The zero-order valence-electron chi connectivity index (χ0n) is 12.6. The molecule has 0 saturated heterocycles. The number of carbonyl (C=O) groups excluding carboxylic acids is 1. The lowest BCUT2D eigenvalue weighted by Gasteiger charge is -2.14. The molecule has 0 fully saturated rings. The van der Waals surface area contributed by atoms with E-state index in [-0.39, 0.29) is 11.9 Å². The number of ether oxygens (including phenoxy) is 1. The molecule has 5 heteroatoms. The molecule has 2 rings (SSSR count). The third kappa shape index (κ3) is 3.70. The summed E-state index contributed by atoms with van der Waals surface area (Å²) in [6, 6.07) is 9.58. The van der Waals surface area contributed by atoms with Crippen molar-refractivity contribution in [2.75, 3.05) is 26.1 Å². The van der Waals surface area contributed by atoms with Crippen LogP contribution in [0.2, 0.25) is 0 Å². The van der Waals surface area contributed by atoms with Gasteiger partial charge in [-0.1, -0.05) is 18.2 Å². The number of fused-ring (bicyclic) bond motifs is 1. The van der Waals surface area contributed by atoms with Crippen LogP contribution in [-0.4, -0.2) is 37.7 Å². The van der Waals surface area contributed by atoms with Crippen LogP contribution in [0.5, 0.6) is 0 Å². The number of methoxy groups -OCH3 is 1. The molecule has 0 aliphatic heterocycles. The summed E-state index contributed by atoms with van der Waals surface area (Å²) in [6.07, 6.45) is 0.773. The molecular formula is C16H21N3O2. The van der Waals surface area contributed by atoms with Crippen LogP contribution in [0.25, 0.3) is 10.9 Å². The maximum Gasteiger partial charge on any atom is 0.270 e. The standard InChI is InChI=1S/C16H21N3O2/c1-11(8-9-21-3)18-16(20)15-10-14(17-2)12-6-4-5-7-13(12)19-15/h4-7,10-11H,8-9H2,1-3H3,(H,17,19)(H,18,20). The summed E-state index contributed by atoms with van der Waals surface area (Å²) < 4.78 is 5.02. The van der Waals surface area contributed by atoms with Gasteiger partial charge in [0.2, 0.25) is 0 Å². The summed E-state index contributed by atoms with van der Waals surface area (Å²) in [4.78, 5) is 16.7. The van der Waals surface area contributed by atoms with Crippen LogP contribution < -0.4 is 10.6 Å². The molecule has 0 bridgehead atoms. The molecule has 0 radical (unpaired) electrons.